The SMILES string of the molecule is Cl.N[C@H]1C[C@H](Oc2nccnc2C2CCOCC2)C1. The number of hydrogen-bond acceptors (Lipinski definition) is 5. The summed E-state index contributed by atoms with van der Waals surface area (Å²) in [5, 5.41) is 0. The molecule has 0 unspecified atom stereocenters. The van der Waals surface area contributed by atoms with Crippen LogP contribution in [0.5, 0.6) is 5.88 Å². The quantitative estimate of drug-likeness (QED) is 0.915. The Labute approximate surface area is 119 Å². The van der Waals surface area contributed by atoms with Crippen LogP contribution in [0.2, 0.25) is 0 Å². The van der Waals surface area contributed by atoms with E-state index in [9.17, 15) is 0 Å². The van der Waals surface area contributed by atoms with Gasteiger partial charge in [-0.3, -0.25) is 4.98 Å². The van der Waals surface area contributed by atoms with E-state index in [0.717, 1.165) is 44.6 Å². The normalized spacial score (nSPS) is 27.2. The van der Waals surface area contributed by atoms with Crippen LogP contribution in [-0.4, -0.2) is 35.3 Å². The molecule has 1 aliphatic carbocycles. The third-order valence-electron chi connectivity index (χ3n) is 3.71. The van der Waals surface area contributed by atoms with Gasteiger partial charge in [0.05, 0.1) is 0 Å². The highest BCUT2D eigenvalue weighted by Gasteiger charge is 2.30. The molecule has 3 rings (SSSR count). The molecule has 2 heterocycles. The van der Waals surface area contributed by atoms with E-state index in [1.165, 1.54) is 0 Å². The van der Waals surface area contributed by atoms with Crippen LogP contribution in [0, 0.1) is 0 Å². The summed E-state index contributed by atoms with van der Waals surface area (Å²) in [7, 11) is 0. The Morgan fingerprint density at radius 2 is 1.84 bits per heavy atom. The number of nitrogens with two attached hydrogens (primary N) is 1. The zero-order valence-electron chi connectivity index (χ0n) is 10.8. The molecule has 2 fully saturated rings. The van der Waals surface area contributed by atoms with Gasteiger partial charge < -0.3 is 15.2 Å². The number of rotatable bonds is 3. The van der Waals surface area contributed by atoms with Gasteiger partial charge in [-0.2, -0.15) is 0 Å². The minimum atomic E-state index is 0. The monoisotopic (exact) mass is 285 g/mol. The van der Waals surface area contributed by atoms with Gasteiger partial charge in [-0.25, -0.2) is 4.98 Å². The summed E-state index contributed by atoms with van der Waals surface area (Å²) in [5.41, 5.74) is 6.76. The van der Waals surface area contributed by atoms with Crippen LogP contribution in [0.4, 0.5) is 0 Å². The van der Waals surface area contributed by atoms with Crippen molar-refractivity contribution in [3.63, 3.8) is 0 Å². The maximum atomic E-state index is 5.91. The van der Waals surface area contributed by atoms with Crippen LogP contribution in [0.1, 0.15) is 37.3 Å². The van der Waals surface area contributed by atoms with Crippen LogP contribution in [0.15, 0.2) is 12.4 Å². The fourth-order valence-corrected chi connectivity index (χ4v) is 2.54. The summed E-state index contributed by atoms with van der Waals surface area (Å²) in [6.45, 7) is 1.60. The van der Waals surface area contributed by atoms with Crippen molar-refractivity contribution in [3.05, 3.63) is 18.1 Å². The molecular weight excluding hydrogens is 266 g/mol. The molecule has 1 aromatic rings. The molecule has 0 amide bonds. The standard InChI is InChI=1S/C13H19N3O2.ClH/c14-10-7-11(8-10)18-13-12(15-3-4-16-13)9-1-5-17-6-2-9;/h3-4,9-11H,1-2,5-8,14H2;1H/t10-,11-;. The van der Waals surface area contributed by atoms with Gasteiger partial charge in [0.15, 0.2) is 0 Å². The fourth-order valence-electron chi connectivity index (χ4n) is 2.54. The van der Waals surface area contributed by atoms with Gasteiger partial charge in [0.25, 0.3) is 0 Å². The fraction of sp³-hybridized carbons (Fsp3) is 0.692. The van der Waals surface area contributed by atoms with Crippen molar-refractivity contribution in [1.29, 1.82) is 0 Å². The van der Waals surface area contributed by atoms with E-state index >= 15 is 0 Å². The predicted octanol–water partition coefficient (Wildman–Crippen LogP) is 1.66. The van der Waals surface area contributed by atoms with Crippen molar-refractivity contribution in [2.24, 2.45) is 5.73 Å². The van der Waals surface area contributed by atoms with Crippen molar-refractivity contribution < 1.29 is 9.47 Å². The summed E-state index contributed by atoms with van der Waals surface area (Å²) >= 11 is 0. The largest absolute Gasteiger partial charge is 0.473 e. The first kappa shape index (κ1) is 14.5. The molecule has 0 atom stereocenters. The Morgan fingerprint density at radius 1 is 1.16 bits per heavy atom. The van der Waals surface area contributed by atoms with Crippen molar-refractivity contribution in [2.45, 2.75) is 43.7 Å². The third-order valence-corrected chi connectivity index (χ3v) is 3.71. The number of aromatic nitrogens is 2. The average molecular weight is 286 g/mol. The van der Waals surface area contributed by atoms with Gasteiger partial charge in [0.1, 0.15) is 11.8 Å². The van der Waals surface area contributed by atoms with E-state index in [0.29, 0.717) is 17.8 Å². The van der Waals surface area contributed by atoms with E-state index in [1.54, 1.807) is 12.4 Å². The minimum absolute atomic E-state index is 0. The highest BCUT2D eigenvalue weighted by Crippen LogP contribution is 2.32. The first-order chi connectivity index (χ1) is 8.83. The molecular formula is C13H20ClN3O2. The highest BCUT2D eigenvalue weighted by atomic mass is 35.5. The second-order valence-electron chi connectivity index (χ2n) is 5.10. The Bertz CT molecular complexity index is 407. The van der Waals surface area contributed by atoms with Crippen molar-refractivity contribution in [3.8, 4) is 5.88 Å². The molecule has 0 radical (unpaired) electrons. The first-order valence-corrected chi connectivity index (χ1v) is 6.64. The van der Waals surface area contributed by atoms with E-state index < -0.39 is 0 Å². The Hall–Kier alpha value is -0.910. The Morgan fingerprint density at radius 3 is 2.53 bits per heavy atom. The van der Waals surface area contributed by atoms with Crippen molar-refractivity contribution >= 4 is 12.4 Å². The number of hydrogen-bond donors (Lipinski definition) is 1. The Kier molecular flexibility index (Phi) is 4.96. The van der Waals surface area contributed by atoms with Crippen LogP contribution in [-0.2, 0) is 4.74 Å². The van der Waals surface area contributed by atoms with Gasteiger partial charge in [-0.05, 0) is 25.7 Å². The van der Waals surface area contributed by atoms with Crippen molar-refractivity contribution in [1.82, 2.24) is 9.97 Å². The van der Waals surface area contributed by atoms with Gasteiger partial charge >= 0.3 is 0 Å². The zero-order valence-corrected chi connectivity index (χ0v) is 11.6. The molecule has 0 bridgehead atoms. The van der Waals surface area contributed by atoms with Gasteiger partial charge in [0.2, 0.25) is 5.88 Å². The number of halogens is 1. The van der Waals surface area contributed by atoms with Crippen LogP contribution >= 0.6 is 12.4 Å². The molecule has 0 aromatic carbocycles. The second kappa shape index (κ2) is 6.50. The summed E-state index contributed by atoms with van der Waals surface area (Å²) in [5.74, 6) is 1.11. The van der Waals surface area contributed by atoms with Gasteiger partial charge in [0, 0.05) is 37.6 Å². The van der Waals surface area contributed by atoms with Crippen LogP contribution < -0.4 is 10.5 Å². The third kappa shape index (κ3) is 3.35. The van der Waals surface area contributed by atoms with E-state index in [2.05, 4.69) is 9.97 Å². The minimum Gasteiger partial charge on any atom is -0.473 e. The van der Waals surface area contributed by atoms with Crippen molar-refractivity contribution in [2.75, 3.05) is 13.2 Å². The molecule has 1 saturated carbocycles. The molecule has 1 saturated heterocycles. The van der Waals surface area contributed by atoms with E-state index in [1.807, 2.05) is 0 Å². The second-order valence-corrected chi connectivity index (χ2v) is 5.10. The number of ether oxygens (including phenoxy) is 2. The predicted molar refractivity (Wildman–Crippen MR) is 73.7 cm³/mol. The van der Waals surface area contributed by atoms with E-state index in [4.69, 9.17) is 15.2 Å². The lowest BCUT2D eigenvalue weighted by molar-refractivity contribution is 0.0764. The molecule has 106 valence electrons. The smallest absolute Gasteiger partial charge is 0.236 e. The van der Waals surface area contributed by atoms with E-state index in [-0.39, 0.29) is 18.5 Å². The first-order valence-electron chi connectivity index (χ1n) is 6.64. The summed E-state index contributed by atoms with van der Waals surface area (Å²) in [6.07, 6.45) is 7.49. The van der Waals surface area contributed by atoms with Crippen LogP contribution in [0.25, 0.3) is 0 Å². The zero-order chi connectivity index (χ0) is 12.4. The molecule has 0 spiro atoms. The summed E-state index contributed by atoms with van der Waals surface area (Å²) < 4.78 is 11.3. The maximum Gasteiger partial charge on any atom is 0.236 e. The molecule has 2 aliphatic rings. The molecule has 19 heavy (non-hydrogen) atoms. The maximum absolute atomic E-state index is 5.91. The van der Waals surface area contributed by atoms with Gasteiger partial charge in [-0.15, -0.1) is 12.4 Å². The lowest BCUT2D eigenvalue weighted by Gasteiger charge is -2.33. The summed E-state index contributed by atoms with van der Waals surface area (Å²) in [4.78, 5) is 8.79. The average Bonchev–Trinajstić information content (AvgIpc) is 2.39. The summed E-state index contributed by atoms with van der Waals surface area (Å²) in [6, 6.07) is 0.290. The number of nitrogens with zero attached hydrogens (tertiary/aromatic N) is 2. The topological polar surface area (TPSA) is 70.3 Å². The highest BCUT2D eigenvalue weighted by molar-refractivity contribution is 5.85. The van der Waals surface area contributed by atoms with Gasteiger partial charge in [-0.1, -0.05) is 0 Å². The Balaban J connectivity index is 0.00000133. The lowest BCUT2D eigenvalue weighted by Crippen LogP contribution is -2.43. The van der Waals surface area contributed by atoms with Crippen LogP contribution in [0.3, 0.4) is 0 Å². The molecule has 5 nitrogen and oxygen atoms in total. The molecule has 2 N–H and O–H groups in total. The molecule has 6 heteroatoms. The lowest BCUT2D eigenvalue weighted by atomic mass is 9.90. The molecule has 1 aromatic heterocycles. The molecule has 1 aliphatic heterocycles.